The maximum atomic E-state index is 12.7. The summed E-state index contributed by atoms with van der Waals surface area (Å²) in [6.07, 6.45) is 5.78. The fourth-order valence-corrected chi connectivity index (χ4v) is 5.59. The molecule has 2 heterocycles. The second-order valence-electron chi connectivity index (χ2n) is 6.75. The molecule has 2 aromatic heterocycles. The average molecular weight is 403 g/mol. The van der Waals surface area contributed by atoms with E-state index in [9.17, 15) is 4.79 Å². The first-order chi connectivity index (χ1) is 12.6. The van der Waals surface area contributed by atoms with Crippen LogP contribution in [0.5, 0.6) is 0 Å². The molecule has 6 heteroatoms. The number of carbonyl (C=O) groups excluding carboxylic acids is 1. The fourth-order valence-electron chi connectivity index (χ4n) is 3.31. The van der Waals surface area contributed by atoms with Crippen molar-refractivity contribution in [1.29, 1.82) is 0 Å². The van der Waals surface area contributed by atoms with Gasteiger partial charge in [-0.1, -0.05) is 36.7 Å². The zero-order valence-electron chi connectivity index (χ0n) is 14.4. The predicted octanol–water partition coefficient (Wildman–Crippen LogP) is 5.83. The van der Waals surface area contributed by atoms with Crippen LogP contribution in [0, 0.1) is 5.92 Å². The molecule has 1 N–H and O–H groups in total. The highest BCUT2D eigenvalue weighted by molar-refractivity contribution is 7.15. The van der Waals surface area contributed by atoms with Crippen LogP contribution in [0.1, 0.15) is 44.6 Å². The number of nitrogens with zero attached hydrogens (tertiary/aromatic N) is 1. The lowest BCUT2D eigenvalue weighted by molar-refractivity contribution is 0.102. The van der Waals surface area contributed by atoms with Gasteiger partial charge in [0.1, 0.15) is 0 Å². The zero-order chi connectivity index (χ0) is 18.1. The molecule has 0 radical (unpaired) electrons. The van der Waals surface area contributed by atoms with E-state index in [0.29, 0.717) is 11.0 Å². The summed E-state index contributed by atoms with van der Waals surface area (Å²) >= 11 is 9.44. The summed E-state index contributed by atoms with van der Waals surface area (Å²) in [5, 5.41) is 6.36. The van der Waals surface area contributed by atoms with Gasteiger partial charge >= 0.3 is 0 Å². The molecule has 1 atom stereocenters. The normalized spacial score (nSPS) is 16.3. The van der Waals surface area contributed by atoms with Gasteiger partial charge in [0.05, 0.1) is 5.56 Å². The van der Waals surface area contributed by atoms with Crippen molar-refractivity contribution >= 4 is 45.3 Å². The van der Waals surface area contributed by atoms with Gasteiger partial charge in [-0.05, 0) is 42.4 Å². The van der Waals surface area contributed by atoms with Crippen molar-refractivity contribution in [1.82, 2.24) is 4.98 Å². The third kappa shape index (κ3) is 3.70. The van der Waals surface area contributed by atoms with Gasteiger partial charge in [0.25, 0.3) is 5.91 Å². The number of rotatable bonds is 4. The summed E-state index contributed by atoms with van der Waals surface area (Å²) in [5.41, 5.74) is 3.12. The molecular weight excluding hydrogens is 384 g/mol. The number of carbonyl (C=O) groups is 1. The Balaban J connectivity index is 1.46. The molecule has 0 saturated heterocycles. The van der Waals surface area contributed by atoms with Gasteiger partial charge in [0.15, 0.2) is 5.13 Å². The molecule has 0 aliphatic heterocycles. The Kier molecular flexibility index (Phi) is 5.11. The maximum absolute atomic E-state index is 12.7. The van der Waals surface area contributed by atoms with E-state index >= 15 is 0 Å². The highest BCUT2D eigenvalue weighted by Gasteiger charge is 2.23. The zero-order valence-corrected chi connectivity index (χ0v) is 16.8. The second kappa shape index (κ2) is 7.51. The van der Waals surface area contributed by atoms with Crippen molar-refractivity contribution in [2.24, 2.45) is 5.92 Å². The molecule has 1 aliphatic rings. The van der Waals surface area contributed by atoms with E-state index < -0.39 is 0 Å². The average Bonchev–Trinajstić information content (AvgIpc) is 3.23. The minimum atomic E-state index is -0.0457. The van der Waals surface area contributed by atoms with Crippen LogP contribution in [-0.2, 0) is 19.3 Å². The molecule has 0 spiro atoms. The van der Waals surface area contributed by atoms with Crippen molar-refractivity contribution in [2.75, 3.05) is 5.32 Å². The van der Waals surface area contributed by atoms with Crippen molar-refractivity contribution in [2.45, 2.75) is 32.6 Å². The van der Waals surface area contributed by atoms with Gasteiger partial charge < -0.3 is 0 Å². The molecule has 1 amide bonds. The Morgan fingerprint density at radius 1 is 1.38 bits per heavy atom. The Bertz CT molecular complexity index is 947. The molecule has 1 aliphatic carbocycles. The van der Waals surface area contributed by atoms with Crippen LogP contribution >= 0.6 is 34.3 Å². The summed E-state index contributed by atoms with van der Waals surface area (Å²) in [6.45, 7) is 2.28. The number of thiophene rings is 1. The van der Waals surface area contributed by atoms with Gasteiger partial charge in [-0.3, -0.25) is 10.1 Å². The van der Waals surface area contributed by atoms with Crippen LogP contribution in [-0.4, -0.2) is 10.9 Å². The number of amides is 1. The fraction of sp³-hybridized carbons (Fsp3) is 0.300. The lowest BCUT2D eigenvalue weighted by Gasteiger charge is -2.18. The van der Waals surface area contributed by atoms with E-state index in [1.165, 1.54) is 21.8 Å². The van der Waals surface area contributed by atoms with E-state index in [1.54, 1.807) is 11.3 Å². The number of halogens is 1. The Morgan fingerprint density at radius 3 is 3.08 bits per heavy atom. The van der Waals surface area contributed by atoms with E-state index in [0.717, 1.165) is 46.7 Å². The minimum absolute atomic E-state index is 0.0457. The molecule has 4 rings (SSSR count). The van der Waals surface area contributed by atoms with Crippen LogP contribution < -0.4 is 5.32 Å². The number of nitrogens with one attached hydrogen (secondary N) is 1. The van der Waals surface area contributed by atoms with Crippen LogP contribution in [0.15, 0.2) is 35.8 Å². The Labute approximate surface area is 166 Å². The van der Waals surface area contributed by atoms with Gasteiger partial charge in [-0.2, -0.15) is 0 Å². The lowest BCUT2D eigenvalue weighted by atomic mass is 9.88. The van der Waals surface area contributed by atoms with Crippen LogP contribution in [0.3, 0.4) is 0 Å². The molecule has 0 bridgehead atoms. The summed E-state index contributed by atoms with van der Waals surface area (Å²) in [4.78, 5) is 19.5. The molecule has 26 heavy (non-hydrogen) atoms. The van der Waals surface area contributed by atoms with Gasteiger partial charge in [-0.15, -0.1) is 22.7 Å². The molecule has 134 valence electrons. The van der Waals surface area contributed by atoms with Crippen molar-refractivity contribution in [3.63, 3.8) is 0 Å². The van der Waals surface area contributed by atoms with Crippen LogP contribution in [0.4, 0.5) is 5.13 Å². The molecule has 0 fully saturated rings. The van der Waals surface area contributed by atoms with Gasteiger partial charge in [0, 0.05) is 32.8 Å². The summed E-state index contributed by atoms with van der Waals surface area (Å²) in [7, 11) is 0. The largest absolute Gasteiger partial charge is 0.298 e. The molecule has 1 unspecified atom stereocenters. The SMILES string of the molecule is CC1CCc2c(C(=O)Nc3ncc(Cc4ccccc4Cl)s3)csc2C1. The smallest absolute Gasteiger partial charge is 0.258 e. The first-order valence-corrected chi connectivity index (χ1v) is 10.8. The quantitative estimate of drug-likeness (QED) is 0.596. The van der Waals surface area contributed by atoms with Crippen LogP contribution in [0.2, 0.25) is 5.02 Å². The summed E-state index contributed by atoms with van der Waals surface area (Å²) < 4.78 is 0. The third-order valence-corrected chi connectivity index (χ3v) is 7.08. The van der Waals surface area contributed by atoms with E-state index in [2.05, 4.69) is 17.2 Å². The number of aromatic nitrogens is 1. The number of anilines is 1. The first kappa shape index (κ1) is 17.7. The topological polar surface area (TPSA) is 42.0 Å². The van der Waals surface area contributed by atoms with Crippen LogP contribution in [0.25, 0.3) is 0 Å². The second-order valence-corrected chi connectivity index (χ2v) is 9.24. The number of thiazole rings is 1. The minimum Gasteiger partial charge on any atom is -0.298 e. The van der Waals surface area contributed by atoms with Crippen molar-refractivity contribution < 1.29 is 4.79 Å². The standard InChI is InChI=1S/C20H19ClN2OS2/c1-12-6-7-15-16(11-25-18(15)8-12)19(24)23-20-22-10-14(26-20)9-13-4-2-3-5-17(13)21/h2-5,10-12H,6-9H2,1H3,(H,22,23,24). The Morgan fingerprint density at radius 2 is 2.23 bits per heavy atom. The summed E-state index contributed by atoms with van der Waals surface area (Å²) in [5.74, 6) is 0.666. The van der Waals surface area contributed by atoms with Crippen molar-refractivity contribution in [3.8, 4) is 0 Å². The first-order valence-electron chi connectivity index (χ1n) is 8.69. The van der Waals surface area contributed by atoms with E-state index in [1.807, 2.05) is 35.8 Å². The van der Waals surface area contributed by atoms with Crippen molar-refractivity contribution in [3.05, 3.63) is 67.3 Å². The number of hydrogen-bond donors (Lipinski definition) is 1. The molecule has 3 nitrogen and oxygen atoms in total. The lowest BCUT2D eigenvalue weighted by Crippen LogP contribution is -2.16. The van der Waals surface area contributed by atoms with Gasteiger partial charge in [-0.25, -0.2) is 4.98 Å². The number of fused-ring (bicyclic) bond motifs is 1. The van der Waals surface area contributed by atoms with E-state index in [-0.39, 0.29) is 5.91 Å². The van der Waals surface area contributed by atoms with Gasteiger partial charge in [0.2, 0.25) is 0 Å². The highest BCUT2D eigenvalue weighted by Crippen LogP contribution is 2.33. The Hall–Kier alpha value is -1.69. The molecular formula is C20H19ClN2OS2. The molecule has 0 saturated carbocycles. The summed E-state index contributed by atoms with van der Waals surface area (Å²) in [6, 6.07) is 7.80. The monoisotopic (exact) mass is 402 g/mol. The molecule has 3 aromatic rings. The third-order valence-electron chi connectivity index (χ3n) is 4.74. The number of benzene rings is 1. The molecule has 1 aromatic carbocycles. The highest BCUT2D eigenvalue weighted by atomic mass is 35.5. The predicted molar refractivity (Wildman–Crippen MR) is 110 cm³/mol. The van der Waals surface area contributed by atoms with E-state index in [4.69, 9.17) is 11.6 Å². The maximum Gasteiger partial charge on any atom is 0.258 e. The number of hydrogen-bond acceptors (Lipinski definition) is 4.